The minimum Gasteiger partial charge on any atom is -0.465 e. The van der Waals surface area contributed by atoms with E-state index in [1.807, 2.05) is 13.8 Å². The lowest BCUT2D eigenvalue weighted by Gasteiger charge is -2.19. The molecule has 1 rings (SSSR count). The zero-order valence-corrected chi connectivity index (χ0v) is 14.9. The predicted octanol–water partition coefficient (Wildman–Crippen LogP) is 4.65. The van der Waals surface area contributed by atoms with Crippen molar-refractivity contribution in [2.45, 2.75) is 30.9 Å². The van der Waals surface area contributed by atoms with Gasteiger partial charge in [-0.15, -0.1) is 11.8 Å². The minimum atomic E-state index is -0.876. The number of esters is 1. The third-order valence-corrected chi connectivity index (χ3v) is 5.32. The maximum Gasteiger partial charge on any atom is 0.319 e. The number of thioether (sulfide) groups is 1. The Kier molecular flexibility index (Phi) is 7.16. The van der Waals surface area contributed by atoms with E-state index < -0.39 is 16.3 Å². The van der Waals surface area contributed by atoms with Gasteiger partial charge in [0.15, 0.2) is 0 Å². The van der Waals surface area contributed by atoms with E-state index in [0.29, 0.717) is 16.0 Å². The lowest BCUT2D eigenvalue weighted by atomic mass is 10.1. The van der Waals surface area contributed by atoms with Gasteiger partial charge in [-0.25, -0.2) is 4.39 Å². The highest BCUT2D eigenvalue weighted by molar-refractivity contribution is 9.10. The Morgan fingerprint density at radius 1 is 1.43 bits per heavy atom. The van der Waals surface area contributed by atoms with Crippen LogP contribution in [0.1, 0.15) is 31.1 Å². The van der Waals surface area contributed by atoms with Crippen LogP contribution in [0.2, 0.25) is 0 Å². The Morgan fingerprint density at radius 2 is 2.05 bits per heavy atom. The minimum absolute atomic E-state index is 0.0150. The average molecular weight is 398 g/mol. The Balaban J connectivity index is 3.12. The Labute approximate surface area is 140 Å². The van der Waals surface area contributed by atoms with E-state index in [0.717, 1.165) is 0 Å². The predicted molar refractivity (Wildman–Crippen MR) is 85.4 cm³/mol. The van der Waals surface area contributed by atoms with Crippen LogP contribution in [0.5, 0.6) is 0 Å². The van der Waals surface area contributed by atoms with Crippen LogP contribution in [0.4, 0.5) is 4.39 Å². The van der Waals surface area contributed by atoms with Gasteiger partial charge in [-0.3, -0.25) is 9.59 Å². The molecule has 0 fully saturated rings. The standard InChI is InChI=1S/C14H15BrClFO3S/c1-4-20-14(19)12(7(2)3)21-11-5-8(13(16)18)10(17)6-9(11)15/h5-7,12H,4H2,1-3H3. The second kappa shape index (κ2) is 8.15. The molecular weight excluding hydrogens is 383 g/mol. The van der Waals surface area contributed by atoms with Gasteiger partial charge in [0.25, 0.3) is 5.24 Å². The van der Waals surface area contributed by atoms with Gasteiger partial charge in [0.05, 0.1) is 12.2 Å². The summed E-state index contributed by atoms with van der Waals surface area (Å²) in [5.74, 6) is -1.03. The zero-order valence-electron chi connectivity index (χ0n) is 11.8. The van der Waals surface area contributed by atoms with Crippen LogP contribution in [-0.2, 0) is 9.53 Å². The Morgan fingerprint density at radius 3 is 2.52 bits per heavy atom. The van der Waals surface area contributed by atoms with Crippen LogP contribution < -0.4 is 0 Å². The molecule has 3 nitrogen and oxygen atoms in total. The van der Waals surface area contributed by atoms with Gasteiger partial charge in [0, 0.05) is 9.37 Å². The summed E-state index contributed by atoms with van der Waals surface area (Å²) in [5.41, 5.74) is -0.214. The van der Waals surface area contributed by atoms with Crippen molar-refractivity contribution in [2.24, 2.45) is 5.92 Å². The molecule has 0 bridgehead atoms. The van der Waals surface area contributed by atoms with Crippen LogP contribution in [0.15, 0.2) is 21.5 Å². The summed E-state index contributed by atoms with van der Waals surface area (Å²) in [6.07, 6.45) is 0. The first kappa shape index (κ1) is 18.5. The van der Waals surface area contributed by atoms with Crippen LogP contribution in [0, 0.1) is 11.7 Å². The van der Waals surface area contributed by atoms with Crippen LogP contribution in [-0.4, -0.2) is 23.1 Å². The monoisotopic (exact) mass is 396 g/mol. The molecule has 0 heterocycles. The lowest BCUT2D eigenvalue weighted by Crippen LogP contribution is -2.25. The van der Waals surface area contributed by atoms with Crippen molar-refractivity contribution in [3.8, 4) is 0 Å². The van der Waals surface area contributed by atoms with E-state index in [9.17, 15) is 14.0 Å². The van der Waals surface area contributed by atoms with E-state index >= 15 is 0 Å². The SMILES string of the molecule is CCOC(=O)C(Sc1cc(C(=O)Cl)c(F)cc1Br)C(C)C. The van der Waals surface area contributed by atoms with Gasteiger partial charge in [-0.05, 0) is 52.5 Å². The molecule has 0 amide bonds. The second-order valence-corrected chi connectivity index (χ2v) is 6.95. The molecular formula is C14H15BrClFO3S. The highest BCUT2D eigenvalue weighted by Crippen LogP contribution is 2.36. The summed E-state index contributed by atoms with van der Waals surface area (Å²) in [4.78, 5) is 23.7. The first-order chi connectivity index (χ1) is 9.77. The summed E-state index contributed by atoms with van der Waals surface area (Å²) in [7, 11) is 0. The third-order valence-electron chi connectivity index (χ3n) is 2.61. The van der Waals surface area contributed by atoms with Gasteiger partial charge in [-0.2, -0.15) is 0 Å². The largest absolute Gasteiger partial charge is 0.465 e. The molecule has 21 heavy (non-hydrogen) atoms. The summed E-state index contributed by atoms with van der Waals surface area (Å²) in [6.45, 7) is 5.80. The van der Waals surface area contributed by atoms with Gasteiger partial charge in [-0.1, -0.05) is 13.8 Å². The molecule has 0 saturated carbocycles. The van der Waals surface area contributed by atoms with Crippen LogP contribution >= 0.6 is 39.3 Å². The number of ether oxygens (including phenoxy) is 1. The van der Waals surface area contributed by atoms with E-state index in [-0.39, 0.29) is 17.5 Å². The Bertz CT molecular complexity index is 551. The summed E-state index contributed by atoms with van der Waals surface area (Å²) >= 11 is 9.79. The smallest absolute Gasteiger partial charge is 0.319 e. The normalized spacial score (nSPS) is 12.3. The van der Waals surface area contributed by atoms with E-state index in [1.54, 1.807) is 6.92 Å². The van der Waals surface area contributed by atoms with Crippen LogP contribution in [0.3, 0.4) is 0 Å². The molecule has 116 valence electrons. The fraction of sp³-hybridized carbons (Fsp3) is 0.429. The summed E-state index contributed by atoms with van der Waals surface area (Å²) in [5, 5.41) is -1.33. The molecule has 1 aromatic rings. The fourth-order valence-corrected chi connectivity index (χ4v) is 3.40. The molecule has 1 unspecified atom stereocenters. The maximum absolute atomic E-state index is 13.6. The van der Waals surface area contributed by atoms with E-state index in [2.05, 4.69) is 15.9 Å². The van der Waals surface area contributed by atoms with Crippen molar-refractivity contribution in [1.82, 2.24) is 0 Å². The third kappa shape index (κ3) is 4.97. The number of carbonyl (C=O) groups excluding carboxylic acids is 2. The quantitative estimate of drug-likeness (QED) is 0.398. The second-order valence-electron chi connectivity index (χ2n) is 4.57. The molecule has 1 atom stereocenters. The zero-order chi connectivity index (χ0) is 16.2. The molecule has 0 aliphatic rings. The van der Waals surface area contributed by atoms with Crippen molar-refractivity contribution in [3.63, 3.8) is 0 Å². The van der Waals surface area contributed by atoms with Gasteiger partial charge < -0.3 is 4.74 Å². The number of hydrogen-bond acceptors (Lipinski definition) is 4. The molecule has 0 aliphatic heterocycles. The molecule has 7 heteroatoms. The average Bonchev–Trinajstić information content (AvgIpc) is 2.36. The number of halogens is 3. The maximum atomic E-state index is 13.6. The topological polar surface area (TPSA) is 43.4 Å². The van der Waals surface area contributed by atoms with Crippen molar-refractivity contribution >= 4 is 50.5 Å². The number of carbonyl (C=O) groups is 2. The first-order valence-corrected chi connectivity index (χ1v) is 8.35. The molecule has 1 aromatic carbocycles. The van der Waals surface area contributed by atoms with Crippen molar-refractivity contribution in [2.75, 3.05) is 6.61 Å². The van der Waals surface area contributed by atoms with Gasteiger partial charge in [0.1, 0.15) is 11.1 Å². The molecule has 0 N–H and O–H groups in total. The fourth-order valence-electron chi connectivity index (χ4n) is 1.59. The van der Waals surface area contributed by atoms with E-state index in [4.69, 9.17) is 16.3 Å². The highest BCUT2D eigenvalue weighted by Gasteiger charge is 2.26. The molecule has 0 spiro atoms. The first-order valence-electron chi connectivity index (χ1n) is 6.30. The number of rotatable bonds is 6. The number of hydrogen-bond donors (Lipinski definition) is 0. The van der Waals surface area contributed by atoms with Gasteiger partial charge in [0.2, 0.25) is 0 Å². The van der Waals surface area contributed by atoms with Crippen molar-refractivity contribution < 1.29 is 18.7 Å². The summed E-state index contributed by atoms with van der Waals surface area (Å²) < 4.78 is 19.1. The highest BCUT2D eigenvalue weighted by atomic mass is 79.9. The molecule has 0 aromatic heterocycles. The number of benzene rings is 1. The lowest BCUT2D eigenvalue weighted by molar-refractivity contribution is -0.143. The van der Waals surface area contributed by atoms with Crippen molar-refractivity contribution in [3.05, 3.63) is 28.0 Å². The van der Waals surface area contributed by atoms with Crippen LogP contribution in [0.25, 0.3) is 0 Å². The molecule has 0 aliphatic carbocycles. The van der Waals surface area contributed by atoms with E-state index in [1.165, 1.54) is 23.9 Å². The summed E-state index contributed by atoms with van der Waals surface area (Å²) in [6, 6.07) is 2.51. The Hall–Kier alpha value is -0.590. The van der Waals surface area contributed by atoms with Gasteiger partial charge >= 0.3 is 5.97 Å². The molecule has 0 radical (unpaired) electrons. The molecule has 0 saturated heterocycles. The van der Waals surface area contributed by atoms with Crippen molar-refractivity contribution in [1.29, 1.82) is 0 Å².